The highest BCUT2D eigenvalue weighted by Gasteiger charge is 2.33. The number of aromatic nitrogens is 4. The Balaban J connectivity index is 0.000000163. The van der Waals surface area contributed by atoms with Crippen LogP contribution in [0.1, 0.15) is 54.5 Å². The predicted molar refractivity (Wildman–Crippen MR) is 156 cm³/mol. The standard InChI is InChI=1S/C16H20ClN3OS.C11H9ClN2O2S/c1-16(2,3)20(4)15(21)9-5-6-10-11(7-9)22-14-12(10)13(17)18-8-19-14;12-9-8-6-2-1-5(11(15)16)3-7(6)17-10(8)14-4-13-9/h8-9H,5-7H2,1-4H3;4-5H,1-3H2,(H,15,16). The average molecular weight is 607 g/mol. The summed E-state index contributed by atoms with van der Waals surface area (Å²) in [6.07, 6.45) is 7.47. The number of nitrogens with zero attached hydrogens (tertiary/aromatic N) is 5. The van der Waals surface area contributed by atoms with Gasteiger partial charge in [-0.15, -0.1) is 22.7 Å². The number of aryl methyl sites for hydroxylation is 2. The monoisotopic (exact) mass is 605 g/mol. The van der Waals surface area contributed by atoms with Gasteiger partial charge in [0.25, 0.3) is 0 Å². The average Bonchev–Trinajstić information content (AvgIpc) is 3.46. The molecule has 2 aliphatic rings. The van der Waals surface area contributed by atoms with Crippen molar-refractivity contribution >= 4 is 78.2 Å². The summed E-state index contributed by atoms with van der Waals surface area (Å²) in [6.45, 7) is 6.19. The predicted octanol–water partition coefficient (Wildman–Crippen LogP) is 6.24. The van der Waals surface area contributed by atoms with Crippen LogP contribution in [0.5, 0.6) is 0 Å². The maximum Gasteiger partial charge on any atom is 0.306 e. The summed E-state index contributed by atoms with van der Waals surface area (Å²) in [5.41, 5.74) is 2.24. The van der Waals surface area contributed by atoms with Crippen molar-refractivity contribution in [1.29, 1.82) is 0 Å². The van der Waals surface area contributed by atoms with Crippen LogP contribution in [0.2, 0.25) is 10.3 Å². The number of hydrogen-bond donors (Lipinski definition) is 1. The fourth-order valence-electron chi connectivity index (χ4n) is 5.17. The molecule has 2 aliphatic carbocycles. The number of halogens is 2. The molecule has 206 valence electrons. The van der Waals surface area contributed by atoms with E-state index in [2.05, 4.69) is 40.7 Å². The van der Waals surface area contributed by atoms with Gasteiger partial charge in [0.05, 0.1) is 16.7 Å². The van der Waals surface area contributed by atoms with Crippen LogP contribution in [-0.2, 0) is 35.3 Å². The molecule has 0 radical (unpaired) electrons. The van der Waals surface area contributed by atoms with Crippen molar-refractivity contribution in [2.75, 3.05) is 7.05 Å². The summed E-state index contributed by atoms with van der Waals surface area (Å²) < 4.78 is 0. The number of carboxylic acid groups (broad SMARTS) is 1. The number of rotatable bonds is 2. The van der Waals surface area contributed by atoms with Crippen molar-refractivity contribution < 1.29 is 14.7 Å². The van der Waals surface area contributed by atoms with Gasteiger partial charge in [-0.3, -0.25) is 9.59 Å². The van der Waals surface area contributed by atoms with E-state index in [0.717, 1.165) is 56.6 Å². The number of carbonyl (C=O) groups is 2. The molecule has 4 heterocycles. The van der Waals surface area contributed by atoms with Crippen LogP contribution in [0.25, 0.3) is 20.4 Å². The Labute approximate surface area is 244 Å². The second kappa shape index (κ2) is 10.9. The molecular formula is C27H29Cl2N5O3S2. The zero-order valence-electron chi connectivity index (χ0n) is 22.1. The summed E-state index contributed by atoms with van der Waals surface area (Å²) >= 11 is 15.5. The van der Waals surface area contributed by atoms with Crippen molar-refractivity contribution in [3.05, 3.63) is 43.8 Å². The number of carbonyl (C=O) groups excluding carboxylic acids is 1. The zero-order chi connectivity index (χ0) is 28.1. The van der Waals surface area contributed by atoms with Crippen LogP contribution < -0.4 is 0 Å². The van der Waals surface area contributed by atoms with E-state index in [1.54, 1.807) is 11.3 Å². The summed E-state index contributed by atoms with van der Waals surface area (Å²) in [7, 11) is 1.89. The van der Waals surface area contributed by atoms with Crippen LogP contribution >= 0.6 is 45.9 Å². The Hall–Kier alpha value is -2.40. The molecule has 0 saturated carbocycles. The first-order valence-electron chi connectivity index (χ1n) is 12.8. The molecule has 2 atom stereocenters. The van der Waals surface area contributed by atoms with E-state index in [0.29, 0.717) is 23.1 Å². The number of hydrogen-bond acceptors (Lipinski definition) is 8. The molecule has 8 nitrogen and oxygen atoms in total. The molecule has 0 aliphatic heterocycles. The molecule has 0 bridgehead atoms. The lowest BCUT2D eigenvalue weighted by molar-refractivity contribution is -0.142. The van der Waals surface area contributed by atoms with Gasteiger partial charge < -0.3 is 10.0 Å². The maximum absolute atomic E-state index is 12.7. The van der Waals surface area contributed by atoms with Crippen molar-refractivity contribution in [3.8, 4) is 0 Å². The first-order chi connectivity index (χ1) is 18.5. The lowest BCUT2D eigenvalue weighted by Crippen LogP contribution is -2.46. The van der Waals surface area contributed by atoms with Crippen LogP contribution in [-0.4, -0.2) is 54.4 Å². The number of fused-ring (bicyclic) bond motifs is 6. The quantitative estimate of drug-likeness (QED) is 0.269. The van der Waals surface area contributed by atoms with Crippen molar-refractivity contribution in [2.45, 2.75) is 64.8 Å². The number of aliphatic carboxylic acids is 1. The van der Waals surface area contributed by atoms with E-state index in [9.17, 15) is 9.59 Å². The molecule has 2 unspecified atom stereocenters. The van der Waals surface area contributed by atoms with E-state index in [-0.39, 0.29) is 23.3 Å². The first kappa shape index (κ1) is 28.1. The highest BCUT2D eigenvalue weighted by atomic mass is 35.5. The van der Waals surface area contributed by atoms with Gasteiger partial charge in [0.1, 0.15) is 32.6 Å². The lowest BCUT2D eigenvalue weighted by atomic mass is 9.86. The molecule has 4 aromatic rings. The molecule has 0 spiro atoms. The third-order valence-corrected chi connectivity index (χ3v) is 10.5. The molecular weight excluding hydrogens is 577 g/mol. The smallest absolute Gasteiger partial charge is 0.306 e. The Bertz CT molecular complexity index is 1580. The molecule has 39 heavy (non-hydrogen) atoms. The Morgan fingerprint density at radius 2 is 1.33 bits per heavy atom. The van der Waals surface area contributed by atoms with E-state index in [1.165, 1.54) is 34.4 Å². The molecule has 0 saturated heterocycles. The van der Waals surface area contributed by atoms with Crippen molar-refractivity contribution in [2.24, 2.45) is 11.8 Å². The van der Waals surface area contributed by atoms with Gasteiger partial charge in [0, 0.05) is 28.3 Å². The highest BCUT2D eigenvalue weighted by molar-refractivity contribution is 7.19. The second-order valence-electron chi connectivity index (χ2n) is 11.0. The summed E-state index contributed by atoms with van der Waals surface area (Å²) in [5.74, 6) is -0.711. The normalized spacial score (nSPS) is 18.7. The lowest BCUT2D eigenvalue weighted by Gasteiger charge is -2.35. The number of thiophene rings is 2. The van der Waals surface area contributed by atoms with Crippen LogP contribution in [0, 0.1) is 11.8 Å². The third kappa shape index (κ3) is 5.49. The van der Waals surface area contributed by atoms with Crippen molar-refractivity contribution in [1.82, 2.24) is 24.8 Å². The van der Waals surface area contributed by atoms with Gasteiger partial charge in [-0.25, -0.2) is 19.9 Å². The maximum atomic E-state index is 12.7. The van der Waals surface area contributed by atoms with E-state index >= 15 is 0 Å². The molecule has 0 fully saturated rings. The molecule has 0 aromatic carbocycles. The zero-order valence-corrected chi connectivity index (χ0v) is 25.3. The molecule has 1 N–H and O–H groups in total. The minimum Gasteiger partial charge on any atom is -0.481 e. The topological polar surface area (TPSA) is 109 Å². The van der Waals surface area contributed by atoms with Gasteiger partial charge in [0.15, 0.2) is 0 Å². The Morgan fingerprint density at radius 1 is 0.872 bits per heavy atom. The molecule has 1 amide bonds. The largest absolute Gasteiger partial charge is 0.481 e. The Kier molecular flexibility index (Phi) is 7.85. The van der Waals surface area contributed by atoms with E-state index in [1.807, 2.05) is 11.9 Å². The van der Waals surface area contributed by atoms with Gasteiger partial charge in [-0.2, -0.15) is 0 Å². The van der Waals surface area contributed by atoms with Gasteiger partial charge >= 0.3 is 5.97 Å². The van der Waals surface area contributed by atoms with Gasteiger partial charge in [-0.05, 0) is 70.4 Å². The number of amides is 1. The highest BCUT2D eigenvalue weighted by Crippen LogP contribution is 2.41. The Morgan fingerprint density at radius 3 is 1.79 bits per heavy atom. The molecule has 6 rings (SSSR count). The fourth-order valence-corrected chi connectivity index (χ4v) is 8.31. The van der Waals surface area contributed by atoms with Crippen LogP contribution in [0.15, 0.2) is 12.7 Å². The van der Waals surface area contributed by atoms with Crippen molar-refractivity contribution in [3.63, 3.8) is 0 Å². The van der Waals surface area contributed by atoms with E-state index < -0.39 is 5.97 Å². The number of carboxylic acids is 1. The molecule has 12 heteroatoms. The van der Waals surface area contributed by atoms with Gasteiger partial charge in [0.2, 0.25) is 5.91 Å². The molecule has 4 aromatic heterocycles. The minimum absolute atomic E-state index is 0.0523. The first-order valence-corrected chi connectivity index (χ1v) is 15.2. The second-order valence-corrected chi connectivity index (χ2v) is 13.9. The van der Waals surface area contributed by atoms with E-state index in [4.69, 9.17) is 28.3 Å². The SMILES string of the molecule is CN(C(=O)C1CCc2c(sc3ncnc(Cl)c23)C1)C(C)(C)C.O=C(O)C1CCc2c(sc3ncnc(Cl)c23)C1. The fraction of sp³-hybridized carbons (Fsp3) is 0.481. The third-order valence-electron chi connectivity index (χ3n) is 7.63. The van der Waals surface area contributed by atoms with Crippen LogP contribution in [0.4, 0.5) is 0 Å². The summed E-state index contributed by atoms with van der Waals surface area (Å²) in [5, 5.41) is 11.9. The summed E-state index contributed by atoms with van der Waals surface area (Å²) in [4.78, 5) is 46.3. The van der Waals surface area contributed by atoms with Gasteiger partial charge in [-0.1, -0.05) is 23.2 Å². The summed E-state index contributed by atoms with van der Waals surface area (Å²) in [6, 6.07) is 0. The van der Waals surface area contributed by atoms with Crippen LogP contribution in [0.3, 0.4) is 0 Å². The minimum atomic E-state index is -0.717.